The fourth-order valence-corrected chi connectivity index (χ4v) is 1.04. The van der Waals surface area contributed by atoms with E-state index in [2.05, 4.69) is 15.2 Å². The Balaban J connectivity index is 2.82. The summed E-state index contributed by atoms with van der Waals surface area (Å²) in [6.07, 6.45) is 3.17. The molecule has 2 aromatic rings. The van der Waals surface area contributed by atoms with Crippen LogP contribution in [0.2, 0.25) is 0 Å². The van der Waals surface area contributed by atoms with Crippen LogP contribution in [-0.2, 0) is 0 Å². The molecule has 0 radical (unpaired) electrons. The summed E-state index contributed by atoms with van der Waals surface area (Å²) in [7, 11) is 0. The van der Waals surface area contributed by atoms with Crippen LogP contribution in [0, 0.1) is 0 Å². The lowest BCUT2D eigenvalue weighted by molar-refractivity contribution is 0.0691. The molecule has 12 heavy (non-hydrogen) atoms. The molecule has 2 rings (SSSR count). The molecule has 0 saturated heterocycles. The Kier molecular flexibility index (Phi) is 1.30. The van der Waals surface area contributed by atoms with Crippen molar-refractivity contribution in [3.63, 3.8) is 0 Å². The summed E-state index contributed by atoms with van der Waals surface area (Å²) in [5.74, 6) is -1.07. The fraction of sp³-hybridized carbons (Fsp3) is 0. The average molecular weight is 163 g/mol. The summed E-state index contributed by atoms with van der Waals surface area (Å²) >= 11 is 0. The number of nitrogens with one attached hydrogen (secondary N) is 1. The molecule has 0 fully saturated rings. The van der Waals surface area contributed by atoms with E-state index in [1.165, 1.54) is 6.20 Å². The first-order valence-electron chi connectivity index (χ1n) is 3.31. The molecule has 2 N–H and O–H groups in total. The van der Waals surface area contributed by atoms with Crippen molar-refractivity contribution in [2.45, 2.75) is 0 Å². The highest BCUT2D eigenvalue weighted by Gasteiger charge is 2.10. The minimum atomic E-state index is -1.07. The lowest BCUT2D eigenvalue weighted by Gasteiger charge is -1.92. The molecule has 60 valence electrons. The summed E-state index contributed by atoms with van der Waals surface area (Å²) in [6, 6.07) is 1.75. The van der Waals surface area contributed by atoms with Gasteiger partial charge in [-0.15, -0.1) is 5.10 Å². The van der Waals surface area contributed by atoms with E-state index in [0.29, 0.717) is 5.52 Å². The van der Waals surface area contributed by atoms with E-state index < -0.39 is 5.97 Å². The van der Waals surface area contributed by atoms with Crippen molar-refractivity contribution in [1.29, 1.82) is 0 Å². The van der Waals surface area contributed by atoms with Gasteiger partial charge in [-0.3, -0.25) is 0 Å². The second-order valence-electron chi connectivity index (χ2n) is 2.31. The number of rotatable bonds is 1. The maximum absolute atomic E-state index is 10.6. The van der Waals surface area contributed by atoms with Crippen molar-refractivity contribution in [3.05, 3.63) is 24.2 Å². The van der Waals surface area contributed by atoms with Crippen LogP contribution >= 0.6 is 0 Å². The number of aromatic carboxylic acids is 1. The van der Waals surface area contributed by atoms with E-state index in [9.17, 15) is 4.79 Å². The summed E-state index contributed by atoms with van der Waals surface area (Å²) in [6.45, 7) is 0. The van der Waals surface area contributed by atoms with Gasteiger partial charge in [-0.1, -0.05) is 0 Å². The quantitative estimate of drug-likeness (QED) is 0.647. The lowest BCUT2D eigenvalue weighted by Crippen LogP contribution is -2.02. The molecule has 0 aliphatic heterocycles. The largest absolute Gasteiger partial charge is 0.476 e. The van der Waals surface area contributed by atoms with Crippen molar-refractivity contribution in [2.75, 3.05) is 0 Å². The van der Waals surface area contributed by atoms with Crippen molar-refractivity contribution in [3.8, 4) is 0 Å². The molecule has 0 saturated carbocycles. The Morgan fingerprint density at radius 2 is 2.42 bits per heavy atom. The monoisotopic (exact) mass is 163 g/mol. The number of hydrogen-bond donors (Lipinski definition) is 2. The highest BCUT2D eigenvalue weighted by atomic mass is 16.4. The van der Waals surface area contributed by atoms with E-state index in [0.717, 1.165) is 5.39 Å². The predicted molar refractivity (Wildman–Crippen MR) is 40.8 cm³/mol. The Labute approximate surface area is 67.1 Å². The maximum Gasteiger partial charge on any atom is 0.358 e. The van der Waals surface area contributed by atoms with Crippen molar-refractivity contribution < 1.29 is 9.90 Å². The topological polar surface area (TPSA) is 78.9 Å². The first kappa shape index (κ1) is 6.78. The number of H-pyrrole nitrogens is 1. The van der Waals surface area contributed by atoms with Crippen LogP contribution < -0.4 is 0 Å². The number of nitrogens with zero attached hydrogens (tertiary/aromatic N) is 2. The highest BCUT2D eigenvalue weighted by molar-refractivity contribution is 5.99. The molecule has 0 bridgehead atoms. The molecule has 0 aliphatic carbocycles. The normalized spacial score (nSPS) is 10.3. The number of carboxylic acids is 1. The van der Waals surface area contributed by atoms with Crippen LogP contribution in [0.4, 0.5) is 0 Å². The third kappa shape index (κ3) is 0.833. The van der Waals surface area contributed by atoms with Gasteiger partial charge in [0.05, 0.1) is 11.7 Å². The number of carboxylic acid groups (broad SMARTS) is 1. The number of aromatic amines is 1. The SMILES string of the molecule is O=C(O)c1nncc2cc[nH]c12. The van der Waals surface area contributed by atoms with Gasteiger partial charge in [0.1, 0.15) is 0 Å². The average Bonchev–Trinajstić information content (AvgIpc) is 2.49. The summed E-state index contributed by atoms with van der Waals surface area (Å²) in [5, 5.41) is 16.5. The van der Waals surface area contributed by atoms with E-state index in [1.807, 2.05) is 0 Å². The van der Waals surface area contributed by atoms with Gasteiger partial charge in [0, 0.05) is 11.6 Å². The minimum Gasteiger partial charge on any atom is -0.476 e. The van der Waals surface area contributed by atoms with Gasteiger partial charge in [-0.05, 0) is 6.07 Å². The maximum atomic E-state index is 10.6. The molecule has 0 aromatic carbocycles. The molecule has 0 unspecified atom stereocenters. The standard InChI is InChI=1S/C7H5N3O2/c11-7(12)6-5-4(1-2-8-5)3-9-10-6/h1-3,8H,(H,11,12). The van der Waals surface area contributed by atoms with Gasteiger partial charge in [0.25, 0.3) is 0 Å². The number of fused-ring (bicyclic) bond motifs is 1. The van der Waals surface area contributed by atoms with E-state index in [4.69, 9.17) is 5.11 Å². The smallest absolute Gasteiger partial charge is 0.358 e. The zero-order valence-corrected chi connectivity index (χ0v) is 5.98. The predicted octanol–water partition coefficient (Wildman–Crippen LogP) is 0.656. The molecule has 0 aliphatic rings. The zero-order valence-electron chi connectivity index (χ0n) is 5.98. The number of carbonyl (C=O) groups is 1. The summed E-state index contributed by atoms with van der Waals surface area (Å²) in [4.78, 5) is 13.4. The molecule has 5 nitrogen and oxygen atoms in total. The molecule has 2 heterocycles. The Morgan fingerprint density at radius 1 is 1.58 bits per heavy atom. The van der Waals surface area contributed by atoms with Crippen LogP contribution in [-0.4, -0.2) is 26.3 Å². The van der Waals surface area contributed by atoms with Crippen LogP contribution in [0.3, 0.4) is 0 Å². The molecular weight excluding hydrogens is 158 g/mol. The van der Waals surface area contributed by atoms with Crippen LogP contribution in [0.5, 0.6) is 0 Å². The van der Waals surface area contributed by atoms with Gasteiger partial charge < -0.3 is 10.1 Å². The van der Waals surface area contributed by atoms with Gasteiger partial charge in [0.15, 0.2) is 5.69 Å². The van der Waals surface area contributed by atoms with Crippen LogP contribution in [0.25, 0.3) is 10.9 Å². The highest BCUT2D eigenvalue weighted by Crippen LogP contribution is 2.12. The molecule has 2 aromatic heterocycles. The molecule has 0 atom stereocenters. The molecular formula is C7H5N3O2. The van der Waals surface area contributed by atoms with Crippen LogP contribution in [0.15, 0.2) is 18.5 Å². The Bertz CT molecular complexity index is 435. The van der Waals surface area contributed by atoms with Gasteiger partial charge >= 0.3 is 5.97 Å². The van der Waals surface area contributed by atoms with Crippen molar-refractivity contribution in [2.24, 2.45) is 0 Å². The molecule has 0 amide bonds. The van der Waals surface area contributed by atoms with Crippen LogP contribution in [0.1, 0.15) is 10.5 Å². The Morgan fingerprint density at radius 3 is 3.17 bits per heavy atom. The third-order valence-corrected chi connectivity index (χ3v) is 1.57. The second kappa shape index (κ2) is 2.30. The second-order valence-corrected chi connectivity index (χ2v) is 2.31. The third-order valence-electron chi connectivity index (χ3n) is 1.57. The molecule has 0 spiro atoms. The summed E-state index contributed by atoms with van der Waals surface area (Å²) < 4.78 is 0. The number of aromatic nitrogens is 3. The lowest BCUT2D eigenvalue weighted by atomic mass is 10.3. The van der Waals surface area contributed by atoms with Crippen molar-refractivity contribution in [1.82, 2.24) is 15.2 Å². The van der Waals surface area contributed by atoms with E-state index in [-0.39, 0.29) is 5.69 Å². The van der Waals surface area contributed by atoms with E-state index in [1.54, 1.807) is 12.3 Å². The fourth-order valence-electron chi connectivity index (χ4n) is 1.04. The van der Waals surface area contributed by atoms with Gasteiger partial charge in [0.2, 0.25) is 0 Å². The first-order valence-corrected chi connectivity index (χ1v) is 3.31. The van der Waals surface area contributed by atoms with E-state index >= 15 is 0 Å². The van der Waals surface area contributed by atoms with Crippen molar-refractivity contribution >= 4 is 16.9 Å². The van der Waals surface area contributed by atoms with Gasteiger partial charge in [-0.2, -0.15) is 5.10 Å². The molecule has 5 heteroatoms. The Hall–Kier alpha value is -1.91. The first-order chi connectivity index (χ1) is 5.79. The number of hydrogen-bond acceptors (Lipinski definition) is 3. The van der Waals surface area contributed by atoms with Gasteiger partial charge in [-0.25, -0.2) is 4.79 Å². The minimum absolute atomic E-state index is 0.0440. The zero-order chi connectivity index (χ0) is 8.55. The summed E-state index contributed by atoms with van der Waals surface area (Å²) in [5.41, 5.74) is 0.468.